The third kappa shape index (κ3) is 4.88. The molecule has 4 aromatic rings. The summed E-state index contributed by atoms with van der Waals surface area (Å²) in [5.74, 6) is 1.45. The average molecular weight is 556 g/mol. The Balaban J connectivity index is 1.65. The highest BCUT2D eigenvalue weighted by Crippen LogP contribution is 2.47. The monoisotopic (exact) mass is 555 g/mol. The van der Waals surface area contributed by atoms with Gasteiger partial charge >= 0.3 is 0 Å². The van der Waals surface area contributed by atoms with Crippen LogP contribution in [0.15, 0.2) is 72.9 Å². The Morgan fingerprint density at radius 1 is 0.950 bits per heavy atom. The maximum atomic E-state index is 5.98. The highest BCUT2D eigenvalue weighted by Gasteiger charge is 2.43. The second kappa shape index (κ2) is 11.6. The van der Waals surface area contributed by atoms with Crippen molar-refractivity contribution in [1.82, 2.24) is 14.9 Å². The molecule has 0 unspecified atom stereocenters. The van der Waals surface area contributed by atoms with Gasteiger partial charge in [0, 0.05) is 48.1 Å². The number of nitrogens with one attached hydrogen (secondary N) is 1. The molecule has 2 aromatic heterocycles. The predicted molar refractivity (Wildman–Crippen MR) is 166 cm³/mol. The van der Waals surface area contributed by atoms with Gasteiger partial charge in [0.05, 0.1) is 37.7 Å². The maximum absolute atomic E-state index is 5.98. The van der Waals surface area contributed by atoms with Gasteiger partial charge in [0.15, 0.2) is 5.11 Å². The molecule has 0 saturated carbocycles. The van der Waals surface area contributed by atoms with Crippen LogP contribution in [0.2, 0.25) is 0 Å². The minimum Gasteiger partial charge on any atom is -0.497 e. The number of pyridine rings is 1. The topological polar surface area (TPSA) is 54.8 Å². The molecule has 1 aliphatic rings. The minimum atomic E-state index is -0.168. The van der Waals surface area contributed by atoms with Crippen LogP contribution in [0.25, 0.3) is 5.69 Å². The van der Waals surface area contributed by atoms with Crippen LogP contribution in [0.1, 0.15) is 48.6 Å². The van der Waals surface area contributed by atoms with Gasteiger partial charge in [-0.1, -0.05) is 6.07 Å². The fourth-order valence-corrected chi connectivity index (χ4v) is 6.14. The highest BCUT2D eigenvalue weighted by molar-refractivity contribution is 7.80. The van der Waals surface area contributed by atoms with E-state index in [0.717, 1.165) is 58.6 Å². The highest BCUT2D eigenvalue weighted by atomic mass is 32.1. The standard InChI is InChI=1S/C32H37N5O2S/c1-7-35(8-2)23-12-14-24(15-13-23)36-21(3)19-26(22(36)4)31-30(27-11-9-10-18-33-27)34-32(40)37(31)28-20-25(38-5)16-17-29(28)39-6/h9-20,30-31H,7-8H2,1-6H3,(H,34,40)/t30-,31+/m0/s1. The molecule has 0 amide bonds. The van der Waals surface area contributed by atoms with Gasteiger partial charge in [-0.05, 0) is 100 Å². The summed E-state index contributed by atoms with van der Waals surface area (Å²) in [5.41, 5.74) is 7.59. The maximum Gasteiger partial charge on any atom is 0.174 e. The molecule has 0 aliphatic carbocycles. The van der Waals surface area contributed by atoms with E-state index in [-0.39, 0.29) is 12.1 Å². The van der Waals surface area contributed by atoms with E-state index in [9.17, 15) is 0 Å². The zero-order valence-electron chi connectivity index (χ0n) is 24.0. The van der Waals surface area contributed by atoms with E-state index >= 15 is 0 Å². The first-order chi connectivity index (χ1) is 19.4. The van der Waals surface area contributed by atoms with Gasteiger partial charge in [-0.15, -0.1) is 0 Å². The molecule has 7 nitrogen and oxygen atoms in total. The lowest BCUT2D eigenvalue weighted by molar-refractivity contribution is 0.403. The van der Waals surface area contributed by atoms with E-state index in [1.54, 1.807) is 14.2 Å². The van der Waals surface area contributed by atoms with Gasteiger partial charge in [-0.3, -0.25) is 4.98 Å². The Hall–Kier alpha value is -4.04. The summed E-state index contributed by atoms with van der Waals surface area (Å²) in [6, 6.07) is 22.5. The van der Waals surface area contributed by atoms with Crippen LogP contribution in [-0.2, 0) is 0 Å². The third-order valence-electron chi connectivity index (χ3n) is 7.77. The average Bonchev–Trinajstić information content (AvgIpc) is 3.48. The first kappa shape index (κ1) is 27.5. The van der Waals surface area contributed by atoms with Crippen LogP contribution in [0.5, 0.6) is 11.5 Å². The first-order valence-electron chi connectivity index (χ1n) is 13.7. The molecule has 2 aromatic carbocycles. The van der Waals surface area contributed by atoms with Crippen molar-refractivity contribution in [3.05, 3.63) is 95.6 Å². The molecular weight excluding hydrogens is 518 g/mol. The normalized spacial score (nSPS) is 16.6. The number of thiocarbonyl (C=S) groups is 1. The van der Waals surface area contributed by atoms with Crippen molar-refractivity contribution < 1.29 is 9.47 Å². The Bertz CT molecular complexity index is 1480. The van der Waals surface area contributed by atoms with Crippen LogP contribution >= 0.6 is 12.2 Å². The number of aromatic nitrogens is 2. The summed E-state index contributed by atoms with van der Waals surface area (Å²) in [7, 11) is 3.34. The summed E-state index contributed by atoms with van der Waals surface area (Å²) < 4.78 is 13.7. The van der Waals surface area contributed by atoms with Crippen molar-refractivity contribution in [2.75, 3.05) is 37.1 Å². The van der Waals surface area contributed by atoms with E-state index in [4.69, 9.17) is 26.7 Å². The number of rotatable bonds is 9. The molecule has 1 fully saturated rings. The lowest BCUT2D eigenvalue weighted by Gasteiger charge is -2.29. The zero-order chi connectivity index (χ0) is 28.4. The lowest BCUT2D eigenvalue weighted by atomic mass is 9.96. The van der Waals surface area contributed by atoms with E-state index in [1.807, 2.05) is 42.6 Å². The Labute approximate surface area is 242 Å². The fourth-order valence-electron chi connectivity index (χ4n) is 5.80. The smallest absolute Gasteiger partial charge is 0.174 e. The summed E-state index contributed by atoms with van der Waals surface area (Å²) in [5, 5.41) is 4.18. The Morgan fingerprint density at radius 2 is 1.70 bits per heavy atom. The van der Waals surface area contributed by atoms with E-state index < -0.39 is 0 Å². The second-order valence-electron chi connectivity index (χ2n) is 9.88. The number of ether oxygens (including phenoxy) is 2. The van der Waals surface area contributed by atoms with Crippen LogP contribution < -0.4 is 24.6 Å². The summed E-state index contributed by atoms with van der Waals surface area (Å²) in [6.07, 6.45) is 1.83. The molecule has 40 heavy (non-hydrogen) atoms. The molecule has 1 saturated heterocycles. The predicted octanol–water partition coefficient (Wildman–Crippen LogP) is 6.53. The number of nitrogens with zero attached hydrogens (tertiary/aromatic N) is 4. The zero-order valence-corrected chi connectivity index (χ0v) is 24.8. The van der Waals surface area contributed by atoms with Gasteiger partial charge in [0.25, 0.3) is 0 Å². The quantitative estimate of drug-likeness (QED) is 0.236. The molecule has 0 radical (unpaired) electrons. The molecule has 208 valence electrons. The summed E-state index contributed by atoms with van der Waals surface area (Å²) >= 11 is 5.98. The van der Waals surface area contributed by atoms with Gasteiger partial charge in [-0.2, -0.15) is 0 Å². The Morgan fingerprint density at radius 3 is 2.33 bits per heavy atom. The van der Waals surface area contributed by atoms with Crippen LogP contribution in [0, 0.1) is 13.8 Å². The van der Waals surface area contributed by atoms with Crippen LogP contribution in [-0.4, -0.2) is 42.0 Å². The number of anilines is 2. The molecule has 3 heterocycles. The molecule has 0 spiro atoms. The van der Waals surface area contributed by atoms with E-state index in [2.05, 4.69) is 77.7 Å². The number of hydrogen-bond acceptors (Lipinski definition) is 5. The summed E-state index contributed by atoms with van der Waals surface area (Å²) in [6.45, 7) is 10.7. The molecule has 0 bridgehead atoms. The van der Waals surface area contributed by atoms with Gasteiger partial charge < -0.3 is 29.2 Å². The van der Waals surface area contributed by atoms with Crippen molar-refractivity contribution in [2.24, 2.45) is 0 Å². The second-order valence-corrected chi connectivity index (χ2v) is 10.3. The lowest BCUT2D eigenvalue weighted by Crippen LogP contribution is -2.30. The number of benzene rings is 2. The van der Waals surface area contributed by atoms with Crippen LogP contribution in [0.3, 0.4) is 0 Å². The van der Waals surface area contributed by atoms with Gasteiger partial charge in [-0.25, -0.2) is 0 Å². The van der Waals surface area contributed by atoms with Gasteiger partial charge in [0.1, 0.15) is 11.5 Å². The number of aryl methyl sites for hydroxylation is 1. The summed E-state index contributed by atoms with van der Waals surface area (Å²) in [4.78, 5) is 9.22. The van der Waals surface area contributed by atoms with E-state index in [0.29, 0.717) is 5.11 Å². The van der Waals surface area contributed by atoms with Crippen molar-refractivity contribution >= 4 is 28.7 Å². The largest absolute Gasteiger partial charge is 0.497 e. The Kier molecular flexibility index (Phi) is 7.98. The minimum absolute atomic E-state index is 0.163. The van der Waals surface area contributed by atoms with Crippen molar-refractivity contribution in [3.8, 4) is 17.2 Å². The molecule has 2 atom stereocenters. The molecule has 5 rings (SSSR count). The molecule has 1 N–H and O–H groups in total. The molecule has 8 heteroatoms. The van der Waals surface area contributed by atoms with Crippen molar-refractivity contribution in [2.45, 2.75) is 39.8 Å². The fraction of sp³-hybridized carbons (Fsp3) is 0.312. The third-order valence-corrected chi connectivity index (χ3v) is 8.08. The number of hydrogen-bond donors (Lipinski definition) is 1. The van der Waals surface area contributed by atoms with Crippen LogP contribution in [0.4, 0.5) is 11.4 Å². The molecular formula is C32H37N5O2S. The molecule has 1 aliphatic heterocycles. The first-order valence-corrected chi connectivity index (χ1v) is 14.1. The van der Waals surface area contributed by atoms with Crippen molar-refractivity contribution in [3.63, 3.8) is 0 Å². The van der Waals surface area contributed by atoms with Gasteiger partial charge in [0.2, 0.25) is 0 Å². The number of methoxy groups -OCH3 is 2. The van der Waals surface area contributed by atoms with E-state index in [1.165, 1.54) is 5.69 Å². The SMILES string of the molecule is CCN(CC)c1ccc(-n2c(C)cc([C@@H]3[C@H](c4ccccn4)NC(=S)N3c3cc(OC)ccc3OC)c2C)cc1. The van der Waals surface area contributed by atoms with Crippen molar-refractivity contribution in [1.29, 1.82) is 0 Å².